The van der Waals surface area contributed by atoms with Crippen molar-refractivity contribution in [2.24, 2.45) is 11.3 Å². The van der Waals surface area contributed by atoms with E-state index in [1.165, 1.54) is 21.1 Å². The summed E-state index contributed by atoms with van der Waals surface area (Å²) in [4.78, 5) is 52.9. The van der Waals surface area contributed by atoms with Crippen LogP contribution in [-0.4, -0.2) is 127 Å². The first-order valence-electron chi connectivity index (χ1n) is 20.9. The molecule has 3 N–H and O–H groups in total. The molecule has 13 nitrogen and oxygen atoms in total. The molecular weight excluding hydrogens is 753 g/mol. The number of likely N-dealkylation sites (N-methyl/N-ethyl adjacent to an activating group) is 1. The third kappa shape index (κ3) is 5.10. The molecule has 2 aromatic carbocycles. The van der Waals surface area contributed by atoms with Crippen LogP contribution in [0.15, 0.2) is 54.8 Å². The molecule has 1 aromatic heterocycles. The average molecular weight is 809 g/mol. The number of piperidine rings is 1. The van der Waals surface area contributed by atoms with Crippen molar-refractivity contribution < 1.29 is 43.5 Å². The maximum Gasteiger partial charge on any atom is 0.344 e. The number of aromatic amines is 1. The Morgan fingerprint density at radius 1 is 0.966 bits per heavy atom. The molecule has 59 heavy (non-hydrogen) atoms. The van der Waals surface area contributed by atoms with Gasteiger partial charge in [-0.25, -0.2) is 4.79 Å². The van der Waals surface area contributed by atoms with E-state index in [4.69, 9.17) is 18.9 Å². The number of ether oxygens (including phenoxy) is 4. The maximum absolute atomic E-state index is 15.3. The van der Waals surface area contributed by atoms with Gasteiger partial charge in [-0.15, -0.1) is 0 Å². The molecule has 0 amide bonds. The number of carbonyl (C=O) groups excluding carboxylic acids is 3. The first kappa shape index (κ1) is 39.6. The van der Waals surface area contributed by atoms with Crippen molar-refractivity contribution in [3.05, 3.63) is 77.1 Å². The molecule has 1 spiro atoms. The van der Waals surface area contributed by atoms with Gasteiger partial charge in [0.2, 0.25) is 5.60 Å². The topological polar surface area (TPSA) is 154 Å². The van der Waals surface area contributed by atoms with Crippen LogP contribution < -0.4 is 9.64 Å². The molecule has 3 aromatic rings. The van der Waals surface area contributed by atoms with Gasteiger partial charge in [-0.2, -0.15) is 0 Å². The summed E-state index contributed by atoms with van der Waals surface area (Å²) < 4.78 is 23.9. The van der Waals surface area contributed by atoms with Crippen LogP contribution in [0.5, 0.6) is 5.75 Å². The number of esters is 3. The van der Waals surface area contributed by atoms with Crippen LogP contribution in [0, 0.1) is 11.3 Å². The van der Waals surface area contributed by atoms with Crippen molar-refractivity contribution in [3.8, 4) is 5.75 Å². The van der Waals surface area contributed by atoms with Gasteiger partial charge < -0.3 is 43.9 Å². The molecule has 1 aliphatic carbocycles. The lowest BCUT2D eigenvalue weighted by Gasteiger charge is -2.63. The zero-order chi connectivity index (χ0) is 41.9. The molecule has 0 radical (unpaired) electrons. The largest absolute Gasteiger partial charge is 0.496 e. The van der Waals surface area contributed by atoms with Gasteiger partial charge in [0.05, 0.1) is 33.0 Å². The van der Waals surface area contributed by atoms with E-state index in [-0.39, 0.29) is 12.0 Å². The third-order valence-electron chi connectivity index (χ3n) is 15.3. The monoisotopic (exact) mass is 808 g/mol. The molecule has 13 heteroatoms. The third-order valence-corrected chi connectivity index (χ3v) is 15.3. The van der Waals surface area contributed by atoms with Crippen LogP contribution in [-0.2, 0) is 39.4 Å². The minimum Gasteiger partial charge on any atom is -0.496 e. The Bertz CT molecular complexity index is 2310. The molecule has 6 heterocycles. The number of nitrogens with one attached hydrogen (secondary N) is 1. The second kappa shape index (κ2) is 13.6. The van der Waals surface area contributed by atoms with Gasteiger partial charge in [0, 0.05) is 90.0 Å². The summed E-state index contributed by atoms with van der Waals surface area (Å²) >= 11 is 0. The maximum atomic E-state index is 15.3. The summed E-state index contributed by atoms with van der Waals surface area (Å²) in [5.41, 5.74) is -2.14. The average Bonchev–Trinajstić information content (AvgIpc) is 3.90. The predicted octanol–water partition coefficient (Wildman–Crippen LogP) is 4.42. The van der Waals surface area contributed by atoms with E-state index < -0.39 is 57.5 Å². The minimum atomic E-state index is -2.31. The van der Waals surface area contributed by atoms with E-state index in [1.54, 1.807) is 7.11 Å². The number of aromatic nitrogens is 1. The Balaban J connectivity index is 1.37. The summed E-state index contributed by atoms with van der Waals surface area (Å²) in [6, 6.07) is 10.7. The SMILES string of the molecule is CC[C@]1(O)C[C@@H]2CN(/C=C/c3c([nH]c4ccccc34)[C@@](C(=O)OC)(c3cc4c(cc3OC)N(C)[C@H]3[C@@](O)(C(=O)OC)[C@H](OC(C)=O)[C@]5(CC)C=CCN6CC[C@]43[C@@H]65)C2)C1. The molecule has 2 bridgehead atoms. The lowest BCUT2D eigenvalue weighted by atomic mass is 9.47. The van der Waals surface area contributed by atoms with Crippen molar-refractivity contribution >= 4 is 40.6 Å². The summed E-state index contributed by atoms with van der Waals surface area (Å²) in [6.07, 6.45) is 9.25. The van der Waals surface area contributed by atoms with Crippen molar-refractivity contribution in [2.45, 2.75) is 93.1 Å². The molecule has 2 saturated heterocycles. The molecule has 1 saturated carbocycles. The van der Waals surface area contributed by atoms with E-state index in [2.05, 4.69) is 20.9 Å². The highest BCUT2D eigenvalue weighted by molar-refractivity contribution is 5.98. The van der Waals surface area contributed by atoms with E-state index in [0.717, 1.165) is 27.7 Å². The fourth-order valence-electron chi connectivity index (χ4n) is 13.1. The number of fused-ring (bicyclic) bond motifs is 6. The fraction of sp³-hybridized carbons (Fsp3) is 0.543. The number of hydrogen-bond donors (Lipinski definition) is 3. The number of methoxy groups -OCH3 is 3. The van der Waals surface area contributed by atoms with Gasteiger partial charge in [0.1, 0.15) is 11.2 Å². The van der Waals surface area contributed by atoms with Crippen molar-refractivity contribution in [2.75, 3.05) is 59.5 Å². The van der Waals surface area contributed by atoms with Crippen LogP contribution in [0.25, 0.3) is 17.0 Å². The van der Waals surface area contributed by atoms with E-state index in [0.29, 0.717) is 75.3 Å². The van der Waals surface area contributed by atoms with E-state index in [9.17, 15) is 19.8 Å². The second-order valence-corrected chi connectivity index (χ2v) is 17.9. The Morgan fingerprint density at radius 2 is 1.73 bits per heavy atom. The molecule has 9 rings (SSSR count). The lowest BCUT2D eigenvalue weighted by Crippen LogP contribution is -2.81. The number of aliphatic hydroxyl groups is 2. The first-order valence-corrected chi connectivity index (χ1v) is 20.9. The minimum absolute atomic E-state index is 0.150. The number of nitrogens with zero attached hydrogens (tertiary/aromatic N) is 3. The van der Waals surface area contributed by atoms with Gasteiger partial charge in [0.25, 0.3) is 0 Å². The Kier molecular flexibility index (Phi) is 9.12. The number of H-pyrrole nitrogens is 1. The standard InChI is InChI=1S/C46H56N4O9/c1-8-42(54)23-28-24-45(40(52)57-6,36-30(15-19-49(25-28)26-42)29-13-10-11-14-33(29)47-36)32-21-31-34(22-35(32)56-5)48(4)38-44(31)17-20-50-18-12-16-43(9-2,37(44)50)39(59-27(3)51)46(38,55)41(53)58-7/h10-16,19,21-22,28,37-39,47,54-55H,8-9,17-18,20,23-26H2,1-7H3/b19-15+/t28-,37-,38+,39+,42-,43+,44+,45-,46-/m0/s1. The predicted molar refractivity (Wildman–Crippen MR) is 221 cm³/mol. The second-order valence-electron chi connectivity index (χ2n) is 17.9. The zero-order valence-corrected chi connectivity index (χ0v) is 35.0. The van der Waals surface area contributed by atoms with Gasteiger partial charge >= 0.3 is 17.9 Å². The van der Waals surface area contributed by atoms with Crippen LogP contribution in [0.1, 0.15) is 75.3 Å². The number of anilines is 1. The normalized spacial score (nSPS) is 36.0. The van der Waals surface area contributed by atoms with Gasteiger partial charge in [-0.05, 0) is 74.5 Å². The molecule has 5 aliphatic heterocycles. The fourth-order valence-corrected chi connectivity index (χ4v) is 13.1. The van der Waals surface area contributed by atoms with Gasteiger partial charge in [-0.1, -0.05) is 44.2 Å². The molecule has 3 fully saturated rings. The first-order chi connectivity index (χ1) is 28.2. The lowest BCUT2D eigenvalue weighted by molar-refractivity contribution is -0.228. The quantitative estimate of drug-likeness (QED) is 0.176. The number of hydrogen-bond acceptors (Lipinski definition) is 12. The molecular formula is C46H56N4O9. The molecule has 6 aliphatic rings. The highest BCUT2D eigenvalue weighted by Gasteiger charge is 2.80. The Morgan fingerprint density at radius 3 is 2.42 bits per heavy atom. The highest BCUT2D eigenvalue weighted by Crippen LogP contribution is 2.68. The Hall–Kier alpha value is -4.85. The number of carbonyl (C=O) groups is 3. The van der Waals surface area contributed by atoms with Crippen molar-refractivity contribution in [3.63, 3.8) is 0 Å². The summed E-state index contributed by atoms with van der Waals surface area (Å²) in [6.45, 7) is 7.69. The van der Waals surface area contributed by atoms with Crippen LogP contribution in [0.2, 0.25) is 0 Å². The van der Waals surface area contributed by atoms with Crippen molar-refractivity contribution in [1.29, 1.82) is 0 Å². The molecule has 9 atom stereocenters. The van der Waals surface area contributed by atoms with Crippen LogP contribution >= 0.6 is 0 Å². The summed E-state index contributed by atoms with van der Waals surface area (Å²) in [5.74, 6) is -1.69. The van der Waals surface area contributed by atoms with Crippen molar-refractivity contribution in [1.82, 2.24) is 14.8 Å². The Labute approximate surface area is 344 Å². The number of para-hydroxylation sites is 1. The highest BCUT2D eigenvalue weighted by atomic mass is 16.6. The number of benzene rings is 2. The van der Waals surface area contributed by atoms with E-state index >= 15 is 4.79 Å². The molecule has 0 unspecified atom stereocenters. The van der Waals surface area contributed by atoms with Crippen LogP contribution in [0.4, 0.5) is 5.69 Å². The summed E-state index contributed by atoms with van der Waals surface area (Å²) in [5, 5.41) is 26.2. The van der Waals surface area contributed by atoms with Gasteiger partial charge in [0.15, 0.2) is 6.10 Å². The molecule has 314 valence electrons. The smallest absolute Gasteiger partial charge is 0.344 e. The zero-order valence-electron chi connectivity index (χ0n) is 35.0. The van der Waals surface area contributed by atoms with Crippen LogP contribution in [0.3, 0.4) is 0 Å². The summed E-state index contributed by atoms with van der Waals surface area (Å²) in [7, 11) is 6.11. The van der Waals surface area contributed by atoms with Gasteiger partial charge in [-0.3, -0.25) is 14.5 Å². The van der Waals surface area contributed by atoms with E-state index in [1.807, 2.05) is 80.6 Å². The number of rotatable bonds is 7.